The molecule has 1 rings (SSSR count). The fourth-order valence-corrected chi connectivity index (χ4v) is 1.75. The van der Waals surface area contributed by atoms with Crippen LogP contribution >= 0.6 is 0 Å². The summed E-state index contributed by atoms with van der Waals surface area (Å²) in [5, 5.41) is 7.61. The van der Waals surface area contributed by atoms with Gasteiger partial charge in [-0.3, -0.25) is 4.79 Å². The molecule has 1 heterocycles. The fraction of sp³-hybridized carbons (Fsp3) is 0.636. The number of primary amides is 1. The maximum atomic E-state index is 11.6. The minimum absolute atomic E-state index is 0.0826. The standard InChI is InChI=1S/C11H18N4O4/c1-4-7(10(12)16)15-8(5-6-18-2)9(13-14-15)11(17)19-3/h7H,4-6H2,1-3H3,(H2,12,16). The summed E-state index contributed by atoms with van der Waals surface area (Å²) in [6, 6.07) is -0.641. The van der Waals surface area contributed by atoms with E-state index in [4.69, 9.17) is 10.5 Å². The van der Waals surface area contributed by atoms with E-state index in [9.17, 15) is 9.59 Å². The summed E-state index contributed by atoms with van der Waals surface area (Å²) in [4.78, 5) is 23.0. The van der Waals surface area contributed by atoms with Crippen molar-refractivity contribution in [1.82, 2.24) is 15.0 Å². The largest absolute Gasteiger partial charge is 0.464 e. The highest BCUT2D eigenvalue weighted by atomic mass is 16.5. The number of carbonyl (C=O) groups is 2. The Morgan fingerprint density at radius 2 is 2.11 bits per heavy atom. The number of hydrogen-bond acceptors (Lipinski definition) is 6. The van der Waals surface area contributed by atoms with E-state index < -0.39 is 17.9 Å². The third-order valence-corrected chi connectivity index (χ3v) is 2.72. The van der Waals surface area contributed by atoms with Crippen molar-refractivity contribution in [3.63, 3.8) is 0 Å². The van der Waals surface area contributed by atoms with E-state index >= 15 is 0 Å². The Morgan fingerprint density at radius 3 is 2.58 bits per heavy atom. The summed E-state index contributed by atoms with van der Waals surface area (Å²) in [5.41, 5.74) is 5.89. The molecule has 0 aromatic carbocycles. The first-order valence-electron chi connectivity index (χ1n) is 5.87. The molecule has 1 atom stereocenters. The van der Waals surface area contributed by atoms with Crippen LogP contribution in [0.25, 0.3) is 0 Å². The lowest BCUT2D eigenvalue weighted by atomic mass is 10.2. The van der Waals surface area contributed by atoms with Gasteiger partial charge in [0.1, 0.15) is 6.04 Å². The van der Waals surface area contributed by atoms with Crippen molar-refractivity contribution >= 4 is 11.9 Å². The van der Waals surface area contributed by atoms with Gasteiger partial charge in [0.25, 0.3) is 0 Å². The van der Waals surface area contributed by atoms with E-state index in [2.05, 4.69) is 15.0 Å². The molecule has 0 aliphatic rings. The van der Waals surface area contributed by atoms with Crippen LogP contribution in [0.5, 0.6) is 0 Å². The zero-order valence-corrected chi connectivity index (χ0v) is 11.3. The van der Waals surface area contributed by atoms with Gasteiger partial charge in [-0.05, 0) is 6.42 Å². The van der Waals surface area contributed by atoms with Crippen LogP contribution in [-0.4, -0.2) is 47.7 Å². The first kappa shape index (κ1) is 15.1. The van der Waals surface area contributed by atoms with Crippen molar-refractivity contribution in [3.8, 4) is 0 Å². The first-order chi connectivity index (χ1) is 9.06. The fourth-order valence-electron chi connectivity index (χ4n) is 1.75. The van der Waals surface area contributed by atoms with Crippen LogP contribution < -0.4 is 5.73 Å². The van der Waals surface area contributed by atoms with Crippen molar-refractivity contribution in [2.45, 2.75) is 25.8 Å². The summed E-state index contributed by atoms with van der Waals surface area (Å²) in [6.07, 6.45) is 0.844. The van der Waals surface area contributed by atoms with Gasteiger partial charge in [0.2, 0.25) is 5.91 Å². The smallest absolute Gasteiger partial charge is 0.360 e. The highest BCUT2D eigenvalue weighted by Crippen LogP contribution is 2.16. The molecule has 0 aliphatic carbocycles. The molecule has 2 N–H and O–H groups in total. The van der Waals surface area contributed by atoms with Crippen LogP contribution in [0.15, 0.2) is 0 Å². The molecule has 0 saturated heterocycles. The SMILES string of the molecule is CCC(C(N)=O)n1nnc(C(=O)OC)c1CCOC. The van der Waals surface area contributed by atoms with Gasteiger partial charge < -0.3 is 15.2 Å². The lowest BCUT2D eigenvalue weighted by Gasteiger charge is -2.14. The molecule has 0 radical (unpaired) electrons. The summed E-state index contributed by atoms with van der Waals surface area (Å²) in [6.45, 7) is 2.17. The topological polar surface area (TPSA) is 109 Å². The van der Waals surface area contributed by atoms with E-state index in [0.29, 0.717) is 25.1 Å². The van der Waals surface area contributed by atoms with Gasteiger partial charge in [0, 0.05) is 13.5 Å². The Labute approximate surface area is 110 Å². The molecule has 19 heavy (non-hydrogen) atoms. The summed E-state index contributed by atoms with van der Waals surface area (Å²) in [7, 11) is 2.80. The maximum Gasteiger partial charge on any atom is 0.360 e. The maximum absolute atomic E-state index is 11.6. The number of hydrogen-bond donors (Lipinski definition) is 1. The van der Waals surface area contributed by atoms with E-state index in [1.54, 1.807) is 6.92 Å². The molecule has 0 aliphatic heterocycles. The molecule has 8 nitrogen and oxygen atoms in total. The molecule has 1 aromatic heterocycles. The van der Waals surface area contributed by atoms with E-state index in [1.807, 2.05) is 0 Å². The average Bonchev–Trinajstić information content (AvgIpc) is 2.79. The van der Waals surface area contributed by atoms with Crippen molar-refractivity contribution in [2.75, 3.05) is 20.8 Å². The van der Waals surface area contributed by atoms with Crippen LogP contribution in [-0.2, 0) is 20.7 Å². The van der Waals surface area contributed by atoms with Crippen molar-refractivity contribution in [3.05, 3.63) is 11.4 Å². The van der Waals surface area contributed by atoms with Crippen molar-refractivity contribution < 1.29 is 19.1 Å². The number of ether oxygens (including phenoxy) is 2. The van der Waals surface area contributed by atoms with Gasteiger partial charge in [-0.25, -0.2) is 9.48 Å². The Bertz CT molecular complexity index is 458. The lowest BCUT2D eigenvalue weighted by Crippen LogP contribution is -2.28. The number of rotatable bonds is 7. The molecule has 0 fully saturated rings. The van der Waals surface area contributed by atoms with Crippen molar-refractivity contribution in [1.29, 1.82) is 0 Å². The zero-order chi connectivity index (χ0) is 14.4. The second-order valence-electron chi connectivity index (χ2n) is 3.89. The summed E-state index contributed by atoms with van der Waals surface area (Å²) >= 11 is 0. The molecule has 1 aromatic rings. The Balaban J connectivity index is 3.19. The van der Waals surface area contributed by atoms with Gasteiger partial charge in [-0.15, -0.1) is 5.10 Å². The Kier molecular flexibility index (Phi) is 5.43. The molecule has 0 spiro atoms. The third-order valence-electron chi connectivity index (χ3n) is 2.72. The van der Waals surface area contributed by atoms with Crippen LogP contribution in [0.2, 0.25) is 0 Å². The van der Waals surface area contributed by atoms with Gasteiger partial charge in [0.05, 0.1) is 19.4 Å². The predicted molar refractivity (Wildman–Crippen MR) is 65.5 cm³/mol. The minimum atomic E-state index is -0.641. The van der Waals surface area contributed by atoms with E-state index in [1.165, 1.54) is 18.9 Å². The van der Waals surface area contributed by atoms with Crippen molar-refractivity contribution in [2.24, 2.45) is 5.73 Å². The number of aromatic nitrogens is 3. The number of amides is 1. The molecule has 0 saturated carbocycles. The molecule has 1 amide bonds. The summed E-state index contributed by atoms with van der Waals surface area (Å²) in [5.74, 6) is -1.13. The predicted octanol–water partition coefficient (Wildman–Crippen LogP) is -0.310. The first-order valence-corrected chi connectivity index (χ1v) is 5.87. The second kappa shape index (κ2) is 6.83. The second-order valence-corrected chi connectivity index (χ2v) is 3.89. The van der Waals surface area contributed by atoms with E-state index in [-0.39, 0.29) is 5.69 Å². The number of carbonyl (C=O) groups excluding carboxylic acids is 2. The van der Waals surface area contributed by atoms with Crippen LogP contribution in [0, 0.1) is 0 Å². The van der Waals surface area contributed by atoms with Crippen LogP contribution in [0.4, 0.5) is 0 Å². The molecule has 8 heteroatoms. The van der Waals surface area contributed by atoms with Gasteiger partial charge in [0.15, 0.2) is 5.69 Å². The lowest BCUT2D eigenvalue weighted by molar-refractivity contribution is -0.121. The third kappa shape index (κ3) is 3.28. The number of methoxy groups -OCH3 is 2. The number of esters is 1. The summed E-state index contributed by atoms with van der Waals surface area (Å²) < 4.78 is 11.0. The Hall–Kier alpha value is -1.96. The van der Waals surface area contributed by atoms with Gasteiger partial charge in [-0.1, -0.05) is 12.1 Å². The number of nitrogens with zero attached hydrogens (tertiary/aromatic N) is 3. The average molecular weight is 270 g/mol. The monoisotopic (exact) mass is 270 g/mol. The highest BCUT2D eigenvalue weighted by Gasteiger charge is 2.26. The van der Waals surface area contributed by atoms with Crippen LogP contribution in [0.1, 0.15) is 35.6 Å². The minimum Gasteiger partial charge on any atom is -0.464 e. The molecule has 106 valence electrons. The van der Waals surface area contributed by atoms with Gasteiger partial charge >= 0.3 is 5.97 Å². The van der Waals surface area contributed by atoms with E-state index in [0.717, 1.165) is 0 Å². The zero-order valence-electron chi connectivity index (χ0n) is 11.3. The van der Waals surface area contributed by atoms with Gasteiger partial charge in [-0.2, -0.15) is 0 Å². The quantitative estimate of drug-likeness (QED) is 0.681. The van der Waals surface area contributed by atoms with Crippen LogP contribution in [0.3, 0.4) is 0 Å². The molecular formula is C11H18N4O4. The molecular weight excluding hydrogens is 252 g/mol. The molecule has 0 bridgehead atoms. The molecule has 1 unspecified atom stereocenters. The number of nitrogens with two attached hydrogens (primary N) is 1. The normalized spacial score (nSPS) is 12.2. The Morgan fingerprint density at radius 1 is 1.42 bits per heavy atom. The highest BCUT2D eigenvalue weighted by molar-refractivity contribution is 5.88.